The smallest absolute Gasteiger partial charge is 0.332 e. The minimum atomic E-state index is -0.934. The van der Waals surface area contributed by atoms with Crippen molar-refractivity contribution < 1.29 is 23.9 Å². The number of nitrogens with two attached hydrogens (primary N) is 1. The van der Waals surface area contributed by atoms with Crippen LogP contribution in [0.4, 0.5) is 4.79 Å². The minimum absolute atomic E-state index is 0.128. The molecule has 0 aliphatic carbocycles. The first-order chi connectivity index (χ1) is 9.33. The van der Waals surface area contributed by atoms with E-state index in [2.05, 4.69) is 9.84 Å². The van der Waals surface area contributed by atoms with Crippen molar-refractivity contribution in [2.45, 2.75) is 19.9 Å². The molecule has 3 N–H and O–H groups in total. The first-order valence-corrected chi connectivity index (χ1v) is 5.86. The monoisotopic (exact) mass is 288 g/mol. The highest BCUT2D eigenvalue weighted by atomic mass is 16.5. The van der Waals surface area contributed by atoms with E-state index < -0.39 is 24.0 Å². The maximum Gasteiger partial charge on any atom is 0.332 e. The Kier molecular flexibility index (Phi) is 7.90. The van der Waals surface area contributed by atoms with Crippen LogP contribution in [-0.2, 0) is 19.1 Å². The van der Waals surface area contributed by atoms with Gasteiger partial charge in [-0.3, -0.25) is 9.69 Å². The molecule has 2 amide bonds. The molecule has 0 spiro atoms. The molecule has 20 heavy (non-hydrogen) atoms. The number of carbonyl (C=O) groups excluding carboxylic acids is 3. The van der Waals surface area contributed by atoms with E-state index in [-0.39, 0.29) is 18.9 Å². The standard InChI is InChI=1S/C11H20N4O5/c1-5-20-8(16)6-15(3)9(10(17)19-4)7(2)13-14-11(12)18/h9H,5-6H2,1-4H3,(H3,12,14,18)/b13-7+. The maximum absolute atomic E-state index is 11.7. The van der Waals surface area contributed by atoms with Gasteiger partial charge >= 0.3 is 18.0 Å². The first kappa shape index (κ1) is 17.8. The first-order valence-electron chi connectivity index (χ1n) is 5.86. The summed E-state index contributed by atoms with van der Waals surface area (Å²) in [5.41, 5.74) is 7.12. The van der Waals surface area contributed by atoms with E-state index in [1.54, 1.807) is 6.92 Å². The number of urea groups is 1. The quantitative estimate of drug-likeness (QED) is 0.354. The van der Waals surface area contributed by atoms with Gasteiger partial charge in [0.05, 0.1) is 26.0 Å². The summed E-state index contributed by atoms with van der Waals surface area (Å²) < 4.78 is 9.44. The largest absolute Gasteiger partial charge is 0.468 e. The highest BCUT2D eigenvalue weighted by molar-refractivity contribution is 6.05. The van der Waals surface area contributed by atoms with Gasteiger partial charge in [-0.2, -0.15) is 5.10 Å². The number of likely N-dealkylation sites (N-methyl/N-ethyl adjacent to an activating group) is 1. The molecule has 1 atom stereocenters. The molecule has 9 nitrogen and oxygen atoms in total. The lowest BCUT2D eigenvalue weighted by molar-refractivity contribution is -0.148. The van der Waals surface area contributed by atoms with Crippen LogP contribution < -0.4 is 11.2 Å². The van der Waals surface area contributed by atoms with Gasteiger partial charge in [0.25, 0.3) is 0 Å². The summed E-state index contributed by atoms with van der Waals surface area (Å²) in [7, 11) is 2.74. The molecule has 0 heterocycles. The Hall–Kier alpha value is -2.16. The van der Waals surface area contributed by atoms with Crippen LogP contribution in [0.3, 0.4) is 0 Å². The third-order valence-corrected chi connectivity index (χ3v) is 2.29. The van der Waals surface area contributed by atoms with Gasteiger partial charge in [0.2, 0.25) is 0 Å². The highest BCUT2D eigenvalue weighted by Gasteiger charge is 2.29. The molecule has 0 rings (SSSR count). The van der Waals surface area contributed by atoms with Crippen molar-refractivity contribution in [1.82, 2.24) is 10.3 Å². The molecule has 0 aliphatic heterocycles. The van der Waals surface area contributed by atoms with E-state index in [1.807, 2.05) is 5.43 Å². The van der Waals surface area contributed by atoms with E-state index in [0.717, 1.165) is 0 Å². The van der Waals surface area contributed by atoms with Crippen molar-refractivity contribution in [3.63, 3.8) is 0 Å². The van der Waals surface area contributed by atoms with E-state index in [4.69, 9.17) is 10.5 Å². The molecule has 0 aromatic carbocycles. The fraction of sp³-hybridized carbons (Fsp3) is 0.636. The fourth-order valence-corrected chi connectivity index (χ4v) is 1.49. The molecule has 1 unspecified atom stereocenters. The number of hydrogen-bond donors (Lipinski definition) is 2. The third kappa shape index (κ3) is 6.14. The Morgan fingerprint density at radius 2 is 2.00 bits per heavy atom. The molecule has 0 aliphatic rings. The normalized spacial score (nSPS) is 12.8. The number of hydrazone groups is 1. The van der Waals surface area contributed by atoms with Gasteiger partial charge < -0.3 is 15.2 Å². The molecule has 0 radical (unpaired) electrons. The van der Waals surface area contributed by atoms with Crippen LogP contribution in [0.25, 0.3) is 0 Å². The lowest BCUT2D eigenvalue weighted by Gasteiger charge is -2.24. The molecule has 0 aromatic heterocycles. The summed E-state index contributed by atoms with van der Waals surface area (Å²) in [4.78, 5) is 35.1. The van der Waals surface area contributed by atoms with Crippen LogP contribution in [-0.4, -0.2) is 61.9 Å². The van der Waals surface area contributed by atoms with Crippen molar-refractivity contribution in [1.29, 1.82) is 0 Å². The van der Waals surface area contributed by atoms with Gasteiger partial charge in [-0.05, 0) is 20.9 Å². The van der Waals surface area contributed by atoms with E-state index in [1.165, 1.54) is 26.0 Å². The predicted molar refractivity (Wildman–Crippen MR) is 70.9 cm³/mol. The molecule has 114 valence electrons. The SMILES string of the molecule is CCOC(=O)CN(C)C(C(=O)OC)/C(C)=N/NC(N)=O. The van der Waals surface area contributed by atoms with Crippen LogP contribution >= 0.6 is 0 Å². The van der Waals surface area contributed by atoms with Crippen LogP contribution in [0, 0.1) is 0 Å². The van der Waals surface area contributed by atoms with Gasteiger partial charge in [0, 0.05) is 0 Å². The van der Waals surface area contributed by atoms with E-state index >= 15 is 0 Å². The number of nitrogens with zero attached hydrogens (tertiary/aromatic N) is 2. The van der Waals surface area contributed by atoms with E-state index in [9.17, 15) is 14.4 Å². The Labute approximate surface area is 117 Å². The number of esters is 2. The predicted octanol–water partition coefficient (Wildman–Crippen LogP) is -0.933. The van der Waals surface area contributed by atoms with Crippen molar-refractivity contribution in [2.75, 3.05) is 27.3 Å². The number of nitrogens with one attached hydrogen (secondary N) is 1. The molecule has 9 heteroatoms. The number of amides is 2. The topological polar surface area (TPSA) is 123 Å². The number of hydrogen-bond acceptors (Lipinski definition) is 7. The molecule has 0 aromatic rings. The minimum Gasteiger partial charge on any atom is -0.468 e. The van der Waals surface area contributed by atoms with Crippen LogP contribution in [0.15, 0.2) is 5.10 Å². The summed E-state index contributed by atoms with van der Waals surface area (Å²) in [6.07, 6.45) is 0. The average Bonchev–Trinajstić information content (AvgIpc) is 2.36. The number of rotatable bonds is 7. The van der Waals surface area contributed by atoms with Crippen LogP contribution in [0.5, 0.6) is 0 Å². The van der Waals surface area contributed by atoms with Gasteiger partial charge in [0.15, 0.2) is 0 Å². The second-order valence-corrected chi connectivity index (χ2v) is 3.88. The lowest BCUT2D eigenvalue weighted by Crippen LogP contribution is -2.47. The Morgan fingerprint density at radius 1 is 1.40 bits per heavy atom. The lowest BCUT2D eigenvalue weighted by atomic mass is 10.1. The molecule has 0 saturated heterocycles. The zero-order valence-corrected chi connectivity index (χ0v) is 12.0. The Balaban J connectivity index is 4.95. The number of carbonyl (C=O) groups is 3. The zero-order chi connectivity index (χ0) is 15.7. The summed E-state index contributed by atoms with van der Waals surface area (Å²) in [5, 5.41) is 3.66. The summed E-state index contributed by atoms with van der Waals surface area (Å²) in [5.74, 6) is -1.11. The van der Waals surface area contributed by atoms with Crippen LogP contribution in [0.2, 0.25) is 0 Å². The Morgan fingerprint density at radius 3 is 2.45 bits per heavy atom. The van der Waals surface area contributed by atoms with Gasteiger partial charge in [-0.1, -0.05) is 0 Å². The highest BCUT2D eigenvalue weighted by Crippen LogP contribution is 2.03. The third-order valence-electron chi connectivity index (χ3n) is 2.29. The van der Waals surface area contributed by atoms with Crippen molar-refractivity contribution in [3.05, 3.63) is 0 Å². The van der Waals surface area contributed by atoms with Gasteiger partial charge in [-0.25, -0.2) is 15.0 Å². The zero-order valence-electron chi connectivity index (χ0n) is 12.0. The fourth-order valence-electron chi connectivity index (χ4n) is 1.49. The van der Waals surface area contributed by atoms with Gasteiger partial charge in [-0.15, -0.1) is 0 Å². The van der Waals surface area contributed by atoms with Crippen LogP contribution in [0.1, 0.15) is 13.8 Å². The number of primary amides is 1. The second kappa shape index (κ2) is 8.86. The summed E-state index contributed by atoms with van der Waals surface area (Å²) in [6, 6.07) is -1.79. The number of methoxy groups -OCH3 is 1. The Bertz CT molecular complexity index is 396. The second-order valence-electron chi connectivity index (χ2n) is 3.88. The van der Waals surface area contributed by atoms with Crippen molar-refractivity contribution >= 4 is 23.7 Å². The van der Waals surface area contributed by atoms with Crippen molar-refractivity contribution in [3.8, 4) is 0 Å². The molecular formula is C11H20N4O5. The molecule has 0 bridgehead atoms. The van der Waals surface area contributed by atoms with E-state index in [0.29, 0.717) is 0 Å². The molecule has 0 saturated carbocycles. The molecule has 0 fully saturated rings. The number of ether oxygens (including phenoxy) is 2. The molecular weight excluding hydrogens is 268 g/mol. The average molecular weight is 288 g/mol. The van der Waals surface area contributed by atoms with Gasteiger partial charge in [0.1, 0.15) is 6.04 Å². The summed E-state index contributed by atoms with van der Waals surface area (Å²) >= 11 is 0. The van der Waals surface area contributed by atoms with Crippen molar-refractivity contribution in [2.24, 2.45) is 10.8 Å². The summed E-state index contributed by atoms with van der Waals surface area (Å²) in [6.45, 7) is 3.29. The maximum atomic E-state index is 11.7.